The second-order valence-corrected chi connectivity index (χ2v) is 8.74. The van der Waals surface area contributed by atoms with Crippen LogP contribution in [0, 0.1) is 6.92 Å². The summed E-state index contributed by atoms with van der Waals surface area (Å²) in [6.07, 6.45) is 1.77. The molecule has 2 aliphatic rings. The van der Waals surface area contributed by atoms with Gasteiger partial charge in [-0.3, -0.25) is 9.69 Å². The molecule has 2 aliphatic heterocycles. The van der Waals surface area contributed by atoms with Crippen LogP contribution in [0.2, 0.25) is 0 Å². The van der Waals surface area contributed by atoms with E-state index in [0.29, 0.717) is 13.1 Å². The fourth-order valence-corrected chi connectivity index (χ4v) is 4.64. The lowest BCUT2D eigenvalue weighted by molar-refractivity contribution is -0.132. The lowest BCUT2D eigenvalue weighted by Crippen LogP contribution is -2.53. The molecule has 6 heteroatoms. The number of piperidine rings is 1. The highest BCUT2D eigenvalue weighted by Crippen LogP contribution is 2.36. The Bertz CT molecular complexity index is 951. The van der Waals surface area contributed by atoms with Crippen molar-refractivity contribution in [2.45, 2.75) is 45.4 Å². The van der Waals surface area contributed by atoms with E-state index in [0.717, 1.165) is 55.3 Å². The van der Waals surface area contributed by atoms with Crippen molar-refractivity contribution in [3.05, 3.63) is 53.1 Å². The second kappa shape index (κ2) is 8.79. The summed E-state index contributed by atoms with van der Waals surface area (Å²) in [5, 5.41) is 0. The highest BCUT2D eigenvalue weighted by molar-refractivity contribution is 5.73. The van der Waals surface area contributed by atoms with E-state index in [9.17, 15) is 4.79 Å². The number of likely N-dealkylation sites (tertiary alicyclic amines) is 1. The first-order valence-electron chi connectivity index (χ1n) is 10.9. The number of benzene rings is 2. The molecule has 0 atom stereocenters. The third-order valence-corrected chi connectivity index (χ3v) is 6.45. The van der Waals surface area contributed by atoms with Crippen molar-refractivity contribution < 1.29 is 19.0 Å². The van der Waals surface area contributed by atoms with Crippen molar-refractivity contribution in [3.63, 3.8) is 0 Å². The Balaban J connectivity index is 1.48. The number of carbonyl (C=O) groups excluding carboxylic acids is 1. The third-order valence-electron chi connectivity index (χ3n) is 6.45. The molecule has 0 bridgehead atoms. The van der Waals surface area contributed by atoms with Crippen molar-refractivity contribution in [2.24, 2.45) is 0 Å². The van der Waals surface area contributed by atoms with Gasteiger partial charge in [0.15, 0.2) is 11.5 Å². The summed E-state index contributed by atoms with van der Waals surface area (Å²) in [6, 6.07) is 12.4. The number of aryl methyl sites for hydroxylation is 1. The third kappa shape index (κ3) is 4.64. The number of hydrogen-bond acceptors (Lipinski definition) is 5. The van der Waals surface area contributed by atoms with Gasteiger partial charge in [-0.25, -0.2) is 0 Å². The van der Waals surface area contributed by atoms with Crippen LogP contribution in [0.5, 0.6) is 17.2 Å². The maximum Gasteiger partial charge on any atom is 0.219 e. The Labute approximate surface area is 184 Å². The minimum absolute atomic E-state index is 0.102. The van der Waals surface area contributed by atoms with Gasteiger partial charge in [-0.1, -0.05) is 23.8 Å². The number of rotatable bonds is 4. The van der Waals surface area contributed by atoms with Gasteiger partial charge in [-0.2, -0.15) is 0 Å². The largest absolute Gasteiger partial charge is 0.493 e. The normalized spacial score (nSPS) is 18.1. The van der Waals surface area contributed by atoms with Gasteiger partial charge in [-0.15, -0.1) is 0 Å². The average molecular weight is 425 g/mol. The van der Waals surface area contributed by atoms with E-state index in [1.54, 1.807) is 21.1 Å². The summed E-state index contributed by atoms with van der Waals surface area (Å²) >= 11 is 0. The number of amides is 1. The van der Waals surface area contributed by atoms with Crippen molar-refractivity contribution >= 4 is 5.91 Å². The molecule has 1 spiro atoms. The number of hydrogen-bond donors (Lipinski definition) is 0. The van der Waals surface area contributed by atoms with Crippen LogP contribution in [0.15, 0.2) is 36.4 Å². The minimum Gasteiger partial charge on any atom is -0.493 e. The molecule has 0 saturated carbocycles. The van der Waals surface area contributed by atoms with E-state index in [-0.39, 0.29) is 11.5 Å². The van der Waals surface area contributed by atoms with E-state index in [1.165, 1.54) is 11.1 Å². The predicted octanol–water partition coefficient (Wildman–Crippen LogP) is 3.79. The SMILES string of the molecule is COc1ccc(CN2CCC3(CC2)CN(C(C)=O)Cc2cc(C)ccc2O3)cc1OC. The molecule has 166 valence electrons. The number of carbonyl (C=O) groups is 1. The second-order valence-electron chi connectivity index (χ2n) is 8.74. The summed E-state index contributed by atoms with van der Waals surface area (Å²) in [7, 11) is 3.31. The van der Waals surface area contributed by atoms with Gasteiger partial charge in [0.25, 0.3) is 0 Å². The highest BCUT2D eigenvalue weighted by atomic mass is 16.5. The van der Waals surface area contributed by atoms with Crippen LogP contribution in [0.3, 0.4) is 0 Å². The number of methoxy groups -OCH3 is 2. The molecule has 0 radical (unpaired) electrons. The Morgan fingerprint density at radius 3 is 2.48 bits per heavy atom. The lowest BCUT2D eigenvalue weighted by atomic mass is 9.90. The fourth-order valence-electron chi connectivity index (χ4n) is 4.64. The standard InChI is InChI=1S/C25H32N2O4/c1-18-5-7-22-21(13-18)16-27(19(2)28)17-25(31-22)9-11-26(12-10-25)15-20-6-8-23(29-3)24(14-20)30-4/h5-8,13-14H,9-12,15-17H2,1-4H3. The molecule has 31 heavy (non-hydrogen) atoms. The van der Waals surface area contributed by atoms with Gasteiger partial charge in [0.1, 0.15) is 11.4 Å². The molecular formula is C25H32N2O4. The molecule has 2 aromatic rings. The van der Waals surface area contributed by atoms with E-state index in [1.807, 2.05) is 17.0 Å². The van der Waals surface area contributed by atoms with Gasteiger partial charge in [0.2, 0.25) is 5.91 Å². The van der Waals surface area contributed by atoms with E-state index in [4.69, 9.17) is 14.2 Å². The molecule has 2 heterocycles. The zero-order chi connectivity index (χ0) is 22.0. The number of nitrogens with zero attached hydrogens (tertiary/aromatic N) is 2. The smallest absolute Gasteiger partial charge is 0.219 e. The fraction of sp³-hybridized carbons (Fsp3) is 0.480. The first-order valence-corrected chi connectivity index (χ1v) is 10.9. The van der Waals surface area contributed by atoms with Gasteiger partial charge < -0.3 is 19.1 Å². The Morgan fingerprint density at radius 1 is 1.06 bits per heavy atom. The first-order chi connectivity index (χ1) is 14.9. The molecule has 0 aromatic heterocycles. The maximum atomic E-state index is 12.3. The van der Waals surface area contributed by atoms with Crippen LogP contribution in [0.1, 0.15) is 36.5 Å². The van der Waals surface area contributed by atoms with Crippen molar-refractivity contribution in [2.75, 3.05) is 33.9 Å². The van der Waals surface area contributed by atoms with Crippen molar-refractivity contribution in [1.82, 2.24) is 9.80 Å². The van der Waals surface area contributed by atoms with Gasteiger partial charge in [0, 0.05) is 51.5 Å². The summed E-state index contributed by atoms with van der Waals surface area (Å²) < 4.78 is 17.4. The molecule has 0 N–H and O–H groups in total. The van der Waals surface area contributed by atoms with Crippen LogP contribution in [-0.2, 0) is 17.9 Å². The summed E-state index contributed by atoms with van der Waals surface area (Å²) in [6.45, 7) is 7.67. The molecule has 0 aliphatic carbocycles. The van der Waals surface area contributed by atoms with Crippen LogP contribution >= 0.6 is 0 Å². The Morgan fingerprint density at radius 2 is 1.81 bits per heavy atom. The van der Waals surface area contributed by atoms with Crippen LogP contribution in [-0.4, -0.2) is 55.2 Å². The molecule has 1 amide bonds. The lowest BCUT2D eigenvalue weighted by Gasteiger charge is -2.42. The molecule has 0 unspecified atom stereocenters. The molecule has 1 fully saturated rings. The van der Waals surface area contributed by atoms with Gasteiger partial charge in [-0.05, 0) is 30.7 Å². The van der Waals surface area contributed by atoms with Crippen molar-refractivity contribution in [1.29, 1.82) is 0 Å². The van der Waals surface area contributed by atoms with E-state index >= 15 is 0 Å². The average Bonchev–Trinajstić information content (AvgIpc) is 2.92. The molecule has 1 saturated heterocycles. The number of ether oxygens (including phenoxy) is 3. The quantitative estimate of drug-likeness (QED) is 0.748. The monoisotopic (exact) mass is 424 g/mol. The zero-order valence-corrected chi connectivity index (χ0v) is 18.9. The Kier molecular flexibility index (Phi) is 6.10. The highest BCUT2D eigenvalue weighted by Gasteiger charge is 2.41. The van der Waals surface area contributed by atoms with Gasteiger partial charge >= 0.3 is 0 Å². The summed E-state index contributed by atoms with van der Waals surface area (Å²) in [5.74, 6) is 2.52. The molecule has 4 rings (SSSR count). The maximum absolute atomic E-state index is 12.3. The molecule has 2 aromatic carbocycles. The van der Waals surface area contributed by atoms with Crippen LogP contribution < -0.4 is 14.2 Å². The van der Waals surface area contributed by atoms with Crippen LogP contribution in [0.4, 0.5) is 0 Å². The number of fused-ring (bicyclic) bond motifs is 1. The Hall–Kier alpha value is -2.73. The predicted molar refractivity (Wildman–Crippen MR) is 120 cm³/mol. The van der Waals surface area contributed by atoms with E-state index in [2.05, 4.69) is 36.1 Å². The minimum atomic E-state index is -0.333. The zero-order valence-electron chi connectivity index (χ0n) is 18.9. The first kappa shape index (κ1) is 21.5. The van der Waals surface area contributed by atoms with E-state index < -0.39 is 0 Å². The van der Waals surface area contributed by atoms with Crippen LogP contribution in [0.25, 0.3) is 0 Å². The molecule has 6 nitrogen and oxygen atoms in total. The van der Waals surface area contributed by atoms with Crippen molar-refractivity contribution in [3.8, 4) is 17.2 Å². The summed E-state index contributed by atoms with van der Waals surface area (Å²) in [5.41, 5.74) is 3.15. The molecular weight excluding hydrogens is 392 g/mol. The van der Waals surface area contributed by atoms with Gasteiger partial charge in [0.05, 0.1) is 20.8 Å². The topological polar surface area (TPSA) is 51.2 Å². The summed E-state index contributed by atoms with van der Waals surface area (Å²) in [4.78, 5) is 16.7.